The van der Waals surface area contributed by atoms with Crippen molar-refractivity contribution in [3.8, 4) is 0 Å². The van der Waals surface area contributed by atoms with Gasteiger partial charge in [0, 0.05) is 25.7 Å². The Bertz CT molecular complexity index is 1970. The minimum Gasteiger partial charge on any atom is -0.462 e. The summed E-state index contributed by atoms with van der Waals surface area (Å²) in [5.41, 5.74) is 0. The van der Waals surface area contributed by atoms with Crippen molar-refractivity contribution in [2.45, 2.75) is 440 Å². The third-order valence-electron chi connectivity index (χ3n) is 19.4. The molecule has 0 aromatic heterocycles. The maximum absolute atomic E-state index is 13.1. The minimum atomic E-state index is -4.96. The lowest BCUT2D eigenvalue weighted by Crippen LogP contribution is -2.30. The highest BCUT2D eigenvalue weighted by Crippen LogP contribution is 2.45. The van der Waals surface area contributed by atoms with Gasteiger partial charge in [-0.2, -0.15) is 0 Å². The van der Waals surface area contributed by atoms with Gasteiger partial charge >= 0.3 is 39.5 Å². The van der Waals surface area contributed by atoms with Gasteiger partial charge in [-0.1, -0.05) is 370 Å². The summed E-state index contributed by atoms with van der Waals surface area (Å²) in [5, 5.41) is 10.6. The van der Waals surface area contributed by atoms with Gasteiger partial charge in [0.2, 0.25) is 0 Å². The Labute approximate surface area is 619 Å². The zero-order valence-electron chi connectivity index (χ0n) is 66.5. The van der Waals surface area contributed by atoms with Gasteiger partial charge in [0.25, 0.3) is 0 Å². The Morgan fingerprint density at radius 2 is 0.475 bits per heavy atom. The van der Waals surface area contributed by atoms with Gasteiger partial charge in [-0.05, 0) is 49.4 Å². The number of esters is 4. The summed E-state index contributed by atoms with van der Waals surface area (Å²) >= 11 is 0. The van der Waals surface area contributed by atoms with Gasteiger partial charge in [0.1, 0.15) is 19.3 Å². The maximum atomic E-state index is 13.1. The third-order valence-corrected chi connectivity index (χ3v) is 21.3. The molecular formula is C82H160O17P2. The van der Waals surface area contributed by atoms with Gasteiger partial charge in [-0.3, -0.25) is 37.3 Å². The summed E-state index contributed by atoms with van der Waals surface area (Å²) < 4.78 is 68.7. The molecule has 0 amide bonds. The molecule has 19 heteroatoms. The largest absolute Gasteiger partial charge is 0.472 e. The van der Waals surface area contributed by atoms with Crippen LogP contribution in [-0.4, -0.2) is 96.7 Å². The van der Waals surface area contributed by atoms with Crippen LogP contribution in [-0.2, 0) is 65.4 Å². The van der Waals surface area contributed by atoms with Crippen LogP contribution >= 0.6 is 15.6 Å². The monoisotopic (exact) mass is 1480 g/mol. The summed E-state index contributed by atoms with van der Waals surface area (Å²) in [5.74, 6) is 1.00. The maximum Gasteiger partial charge on any atom is 0.472 e. The third kappa shape index (κ3) is 74.7. The highest BCUT2D eigenvalue weighted by atomic mass is 31.2. The highest BCUT2D eigenvalue weighted by Gasteiger charge is 2.30. The van der Waals surface area contributed by atoms with E-state index in [2.05, 4.69) is 55.4 Å². The Morgan fingerprint density at radius 1 is 0.277 bits per heavy atom. The molecule has 0 aliphatic rings. The zero-order chi connectivity index (χ0) is 74.6. The van der Waals surface area contributed by atoms with Crippen LogP contribution in [0.3, 0.4) is 0 Å². The first kappa shape index (κ1) is 99.1. The van der Waals surface area contributed by atoms with Crippen molar-refractivity contribution in [1.29, 1.82) is 0 Å². The molecule has 0 rings (SSSR count). The van der Waals surface area contributed by atoms with Gasteiger partial charge in [0.05, 0.1) is 26.4 Å². The van der Waals surface area contributed by atoms with Gasteiger partial charge in [0.15, 0.2) is 12.2 Å². The van der Waals surface area contributed by atoms with E-state index in [1.807, 2.05) is 0 Å². The average molecular weight is 1480 g/mol. The number of aliphatic hydroxyl groups excluding tert-OH is 1. The van der Waals surface area contributed by atoms with Crippen molar-refractivity contribution in [3.05, 3.63) is 0 Å². The van der Waals surface area contributed by atoms with E-state index in [0.717, 1.165) is 114 Å². The molecule has 0 bridgehead atoms. The number of carbonyl (C=O) groups is 4. The summed E-state index contributed by atoms with van der Waals surface area (Å²) in [6.45, 7) is 14.3. The van der Waals surface area contributed by atoms with Crippen molar-refractivity contribution in [3.63, 3.8) is 0 Å². The second-order valence-corrected chi connectivity index (χ2v) is 34.1. The van der Waals surface area contributed by atoms with E-state index in [0.29, 0.717) is 31.6 Å². The fourth-order valence-electron chi connectivity index (χ4n) is 12.6. The van der Waals surface area contributed by atoms with Gasteiger partial charge in [-0.15, -0.1) is 0 Å². The predicted molar refractivity (Wildman–Crippen MR) is 414 cm³/mol. The smallest absolute Gasteiger partial charge is 0.462 e. The summed E-state index contributed by atoms with van der Waals surface area (Å²) in [7, 11) is -9.92. The molecule has 0 saturated carbocycles. The number of rotatable bonds is 79. The van der Waals surface area contributed by atoms with Crippen molar-refractivity contribution in [1.82, 2.24) is 0 Å². The van der Waals surface area contributed by atoms with E-state index in [-0.39, 0.29) is 25.7 Å². The van der Waals surface area contributed by atoms with E-state index in [4.69, 9.17) is 37.0 Å². The Balaban J connectivity index is 5.22. The Morgan fingerprint density at radius 3 is 0.703 bits per heavy atom. The van der Waals surface area contributed by atoms with Crippen LogP contribution in [0.2, 0.25) is 0 Å². The number of phosphoric acid groups is 2. The number of phosphoric ester groups is 2. The Hall–Kier alpha value is -1.94. The lowest BCUT2D eigenvalue weighted by atomic mass is 9.99. The first-order valence-corrected chi connectivity index (χ1v) is 45.2. The van der Waals surface area contributed by atoms with E-state index in [1.54, 1.807) is 0 Å². The molecule has 0 heterocycles. The molecule has 0 aromatic carbocycles. The number of ether oxygens (including phenoxy) is 4. The normalized spacial score (nSPS) is 14.3. The molecule has 600 valence electrons. The lowest BCUT2D eigenvalue weighted by Gasteiger charge is -2.21. The molecule has 0 fully saturated rings. The van der Waals surface area contributed by atoms with Crippen molar-refractivity contribution >= 4 is 39.5 Å². The molecule has 4 unspecified atom stereocenters. The van der Waals surface area contributed by atoms with E-state index >= 15 is 0 Å². The molecule has 0 aliphatic heterocycles. The van der Waals surface area contributed by atoms with Crippen molar-refractivity contribution in [2.75, 3.05) is 39.6 Å². The summed E-state index contributed by atoms with van der Waals surface area (Å²) in [6, 6.07) is 0. The minimum absolute atomic E-state index is 0.107. The van der Waals surface area contributed by atoms with Crippen LogP contribution < -0.4 is 0 Å². The fourth-order valence-corrected chi connectivity index (χ4v) is 14.2. The Kier molecular flexibility index (Phi) is 69.6. The topological polar surface area (TPSA) is 237 Å². The number of carbonyl (C=O) groups excluding carboxylic acids is 4. The van der Waals surface area contributed by atoms with Crippen LogP contribution in [0.4, 0.5) is 0 Å². The predicted octanol–water partition coefficient (Wildman–Crippen LogP) is 24.4. The van der Waals surface area contributed by atoms with Gasteiger partial charge < -0.3 is 33.8 Å². The standard InChI is InChI=1S/C82H160O17P2/c1-9-75(8)61-53-45-36-30-24-17-14-15-19-27-33-39-49-57-64-81(86)98-77(68-92-79(84)62-54-46-37-31-25-21-20-23-29-35-43-51-59-73(4)5)70-96-100(88,89)94-66-76(83)67-95-101(90,91)97-71-78(69-93-80(85)63-55-47-41-40-44-52-60-74(6)7)99-82(87)65-56-48-38-32-26-18-13-11-10-12-16-22-28-34-42-50-58-72(2)3/h72-78,83H,9-71H2,1-8H3,(H,88,89)(H,90,91)/t75?,76?,77-,78-/m1/s1. The van der Waals surface area contributed by atoms with E-state index in [9.17, 15) is 43.2 Å². The summed E-state index contributed by atoms with van der Waals surface area (Å²) in [6.07, 6.45) is 58.4. The quantitative estimate of drug-likeness (QED) is 0.0222. The average Bonchev–Trinajstić information content (AvgIpc) is 1.01. The van der Waals surface area contributed by atoms with Crippen molar-refractivity contribution in [2.24, 2.45) is 23.7 Å². The summed E-state index contributed by atoms with van der Waals surface area (Å²) in [4.78, 5) is 73.0. The molecule has 0 aromatic rings. The van der Waals surface area contributed by atoms with Crippen LogP contribution in [0.5, 0.6) is 0 Å². The van der Waals surface area contributed by atoms with Crippen LogP contribution in [0, 0.1) is 23.7 Å². The van der Waals surface area contributed by atoms with E-state index < -0.39 is 97.5 Å². The molecule has 17 nitrogen and oxygen atoms in total. The first-order valence-electron chi connectivity index (χ1n) is 42.2. The SMILES string of the molecule is CCC(C)CCCCCCCCCCCCCCCCC(=O)O[C@H](COC(=O)CCCCCCCCCCCCCCC(C)C)COP(=O)(O)OCC(O)COP(=O)(O)OC[C@@H](COC(=O)CCCCCCCCC(C)C)OC(=O)CCCCCCCCCCCCCCCCCCC(C)C. The highest BCUT2D eigenvalue weighted by molar-refractivity contribution is 7.47. The zero-order valence-corrected chi connectivity index (χ0v) is 68.3. The number of hydrogen-bond donors (Lipinski definition) is 3. The van der Waals surface area contributed by atoms with Gasteiger partial charge in [-0.25, -0.2) is 9.13 Å². The van der Waals surface area contributed by atoms with Crippen molar-refractivity contribution < 1.29 is 80.2 Å². The second kappa shape index (κ2) is 71.0. The number of aliphatic hydroxyl groups is 1. The number of hydrogen-bond acceptors (Lipinski definition) is 15. The van der Waals surface area contributed by atoms with Crippen LogP contribution in [0.1, 0.15) is 421 Å². The van der Waals surface area contributed by atoms with E-state index in [1.165, 1.54) is 218 Å². The number of unbranched alkanes of at least 4 members (excludes halogenated alkanes) is 44. The molecular weight excluding hydrogens is 1320 g/mol. The second-order valence-electron chi connectivity index (χ2n) is 31.2. The first-order chi connectivity index (χ1) is 48.6. The molecule has 0 radical (unpaired) electrons. The molecule has 0 aliphatic carbocycles. The fraction of sp³-hybridized carbons (Fsp3) is 0.951. The molecule has 3 N–H and O–H groups in total. The molecule has 0 saturated heterocycles. The molecule has 101 heavy (non-hydrogen) atoms. The molecule has 0 spiro atoms. The lowest BCUT2D eigenvalue weighted by molar-refractivity contribution is -0.161. The van der Waals surface area contributed by atoms with Crippen LogP contribution in [0.25, 0.3) is 0 Å². The van der Waals surface area contributed by atoms with Crippen LogP contribution in [0.15, 0.2) is 0 Å². The molecule has 6 atom stereocenters.